The fraction of sp³-hybridized carbons (Fsp3) is 0.667. The van der Waals surface area contributed by atoms with Crippen molar-refractivity contribution in [2.45, 2.75) is 63.8 Å². The number of rotatable bonds is 6. The van der Waals surface area contributed by atoms with Crippen LogP contribution in [0.5, 0.6) is 0 Å². The summed E-state index contributed by atoms with van der Waals surface area (Å²) in [7, 11) is 0. The van der Waals surface area contributed by atoms with Gasteiger partial charge in [0.15, 0.2) is 0 Å². The summed E-state index contributed by atoms with van der Waals surface area (Å²) in [5.41, 5.74) is 1.65. The molecule has 9 nitrogen and oxygen atoms in total. The second-order valence-corrected chi connectivity index (χ2v) is 12.3. The van der Waals surface area contributed by atoms with Gasteiger partial charge in [0.25, 0.3) is 11.8 Å². The molecule has 0 saturated carbocycles. The molecule has 0 bridgehead atoms. The Kier molecular flexibility index (Phi) is 7.71. The summed E-state index contributed by atoms with van der Waals surface area (Å²) in [4.78, 5) is 56.1. The van der Waals surface area contributed by atoms with Crippen LogP contribution >= 0.6 is 0 Å². The number of piperidine rings is 4. The van der Waals surface area contributed by atoms with Gasteiger partial charge in [0, 0.05) is 31.7 Å². The number of carbonyl (C=O) groups excluding carboxylic acids is 4. The van der Waals surface area contributed by atoms with Crippen LogP contribution in [0.25, 0.3) is 0 Å². The van der Waals surface area contributed by atoms with E-state index in [9.17, 15) is 19.2 Å². The Morgan fingerprint density at radius 2 is 1.41 bits per heavy atom. The zero-order valence-corrected chi connectivity index (χ0v) is 22.8. The highest BCUT2D eigenvalue weighted by Crippen LogP contribution is 2.33. The highest BCUT2D eigenvalue weighted by molar-refractivity contribution is 6.23. The molecule has 2 N–H and O–H groups in total. The number of anilines is 1. The van der Waals surface area contributed by atoms with E-state index in [1.165, 1.54) is 64.8 Å². The van der Waals surface area contributed by atoms with Crippen molar-refractivity contribution in [3.63, 3.8) is 0 Å². The molecular weight excluding hydrogens is 494 g/mol. The average molecular weight is 536 g/mol. The minimum Gasteiger partial charge on any atom is -0.371 e. The van der Waals surface area contributed by atoms with E-state index in [2.05, 4.69) is 20.4 Å². The fourth-order valence-electron chi connectivity index (χ4n) is 7.39. The van der Waals surface area contributed by atoms with Gasteiger partial charge in [-0.1, -0.05) is 0 Å². The second kappa shape index (κ2) is 11.4. The smallest absolute Gasteiger partial charge is 0.262 e. The Hall–Kier alpha value is -2.78. The van der Waals surface area contributed by atoms with Crippen molar-refractivity contribution in [1.29, 1.82) is 0 Å². The molecule has 4 amide bonds. The first-order chi connectivity index (χ1) is 19.0. The van der Waals surface area contributed by atoms with Crippen molar-refractivity contribution in [3.8, 4) is 0 Å². The maximum atomic E-state index is 13.2. The molecule has 4 saturated heterocycles. The minimum absolute atomic E-state index is 0.125. The highest BCUT2D eigenvalue weighted by Gasteiger charge is 2.44. The van der Waals surface area contributed by atoms with Crippen LogP contribution in [-0.2, 0) is 9.59 Å². The Bertz CT molecular complexity index is 1120. The van der Waals surface area contributed by atoms with Gasteiger partial charge in [-0.15, -0.1) is 0 Å². The van der Waals surface area contributed by atoms with Gasteiger partial charge < -0.3 is 15.1 Å². The molecular formula is C30H41N5O4. The summed E-state index contributed by atoms with van der Waals surface area (Å²) in [6.07, 6.45) is 9.38. The third kappa shape index (κ3) is 5.61. The van der Waals surface area contributed by atoms with E-state index in [-0.39, 0.29) is 18.7 Å². The van der Waals surface area contributed by atoms with Crippen molar-refractivity contribution in [1.82, 2.24) is 20.4 Å². The zero-order chi connectivity index (χ0) is 26.9. The minimum atomic E-state index is -0.927. The lowest BCUT2D eigenvalue weighted by atomic mass is 9.83. The number of nitrogens with zero attached hydrogens (tertiary/aromatic N) is 3. The van der Waals surface area contributed by atoms with Crippen LogP contribution in [0.15, 0.2) is 18.2 Å². The van der Waals surface area contributed by atoms with Gasteiger partial charge >= 0.3 is 0 Å². The fourth-order valence-corrected chi connectivity index (χ4v) is 7.39. The topological polar surface area (TPSA) is 102 Å². The summed E-state index contributed by atoms with van der Waals surface area (Å²) in [6, 6.07) is 4.53. The van der Waals surface area contributed by atoms with Crippen LogP contribution in [-0.4, -0.2) is 85.3 Å². The monoisotopic (exact) mass is 535 g/mol. The van der Waals surface area contributed by atoms with Crippen LogP contribution in [0.3, 0.4) is 0 Å². The van der Waals surface area contributed by atoms with E-state index in [1.807, 2.05) is 12.1 Å². The molecule has 5 aliphatic heterocycles. The quantitative estimate of drug-likeness (QED) is 0.540. The third-order valence-corrected chi connectivity index (χ3v) is 9.75. The molecule has 5 aliphatic rings. The summed E-state index contributed by atoms with van der Waals surface area (Å²) in [5.74, 6) is 0.707. The van der Waals surface area contributed by atoms with Gasteiger partial charge in [-0.25, -0.2) is 0 Å². The summed E-state index contributed by atoms with van der Waals surface area (Å²) < 4.78 is 0. The van der Waals surface area contributed by atoms with E-state index >= 15 is 0 Å². The molecule has 0 aliphatic carbocycles. The van der Waals surface area contributed by atoms with Gasteiger partial charge in [0.05, 0.1) is 11.1 Å². The predicted octanol–water partition coefficient (Wildman–Crippen LogP) is 2.41. The van der Waals surface area contributed by atoms with Crippen molar-refractivity contribution in [3.05, 3.63) is 29.3 Å². The number of hydrogen-bond acceptors (Lipinski definition) is 7. The van der Waals surface area contributed by atoms with Crippen molar-refractivity contribution in [2.24, 2.45) is 17.8 Å². The summed E-state index contributed by atoms with van der Waals surface area (Å²) >= 11 is 0. The van der Waals surface area contributed by atoms with Crippen molar-refractivity contribution >= 4 is 29.3 Å². The number of amides is 4. The molecule has 1 aromatic rings. The van der Waals surface area contributed by atoms with Crippen LogP contribution in [0, 0.1) is 17.8 Å². The SMILES string of the molecule is O=C1CCC(N2C(=O)c3ccc(N4CCC(CN5CCC(CC6CCNCC6)CC5)CC4)cc3C2=O)C(=O)N1. The molecule has 6 rings (SSSR count). The van der Waals surface area contributed by atoms with E-state index in [1.54, 1.807) is 6.07 Å². The van der Waals surface area contributed by atoms with Gasteiger partial charge in [0.2, 0.25) is 11.8 Å². The molecule has 0 radical (unpaired) electrons. The molecule has 9 heteroatoms. The first kappa shape index (κ1) is 26.4. The molecule has 1 atom stereocenters. The van der Waals surface area contributed by atoms with E-state index in [4.69, 9.17) is 0 Å². The van der Waals surface area contributed by atoms with Gasteiger partial charge in [-0.2, -0.15) is 0 Å². The Morgan fingerprint density at radius 1 is 0.744 bits per heavy atom. The third-order valence-electron chi connectivity index (χ3n) is 9.75. The normalized spacial score (nSPS) is 26.3. The average Bonchev–Trinajstić information content (AvgIpc) is 3.20. The van der Waals surface area contributed by atoms with Crippen molar-refractivity contribution in [2.75, 3.05) is 50.7 Å². The molecule has 0 spiro atoms. The zero-order valence-electron chi connectivity index (χ0n) is 22.8. The molecule has 5 heterocycles. The number of hydrogen-bond donors (Lipinski definition) is 2. The van der Waals surface area contributed by atoms with E-state index in [0.29, 0.717) is 17.0 Å². The molecule has 39 heavy (non-hydrogen) atoms. The molecule has 4 fully saturated rings. The number of likely N-dealkylation sites (tertiary alicyclic amines) is 1. The van der Waals surface area contributed by atoms with Crippen molar-refractivity contribution < 1.29 is 19.2 Å². The first-order valence-electron chi connectivity index (χ1n) is 15.0. The molecule has 0 aromatic heterocycles. The Morgan fingerprint density at radius 3 is 2.13 bits per heavy atom. The number of fused-ring (bicyclic) bond motifs is 1. The lowest BCUT2D eigenvalue weighted by molar-refractivity contribution is -0.136. The van der Waals surface area contributed by atoms with Gasteiger partial charge in [-0.05, 0) is 113 Å². The molecule has 1 unspecified atom stereocenters. The van der Waals surface area contributed by atoms with Crippen LogP contribution in [0.4, 0.5) is 5.69 Å². The maximum Gasteiger partial charge on any atom is 0.262 e. The number of benzene rings is 1. The van der Waals surface area contributed by atoms with Gasteiger partial charge in [-0.3, -0.25) is 29.4 Å². The number of carbonyl (C=O) groups is 4. The lowest BCUT2D eigenvalue weighted by Gasteiger charge is -2.39. The predicted molar refractivity (Wildman–Crippen MR) is 147 cm³/mol. The standard InChI is InChI=1S/C30H41N5O4/c36-27-4-3-26(28(37)32-27)35-29(38)24-2-1-23(18-25(24)30(35)39)34-15-9-22(10-16-34)19-33-13-7-21(8-14-33)17-20-5-11-31-12-6-20/h1-2,18,20-22,26,31H,3-17,19H2,(H,32,36,37). The Labute approximate surface area is 230 Å². The lowest BCUT2D eigenvalue weighted by Crippen LogP contribution is -2.54. The highest BCUT2D eigenvalue weighted by atomic mass is 16.2. The molecule has 210 valence electrons. The number of imide groups is 2. The Balaban J connectivity index is 0.995. The first-order valence-corrected chi connectivity index (χ1v) is 15.0. The van der Waals surface area contributed by atoms with E-state index in [0.717, 1.165) is 48.4 Å². The number of nitrogens with one attached hydrogen (secondary N) is 2. The second-order valence-electron chi connectivity index (χ2n) is 12.3. The molecule has 1 aromatic carbocycles. The van der Waals surface area contributed by atoms with Crippen LogP contribution in [0.2, 0.25) is 0 Å². The van der Waals surface area contributed by atoms with E-state index < -0.39 is 23.8 Å². The largest absolute Gasteiger partial charge is 0.371 e. The summed E-state index contributed by atoms with van der Waals surface area (Å²) in [5, 5.41) is 5.74. The van der Waals surface area contributed by atoms with Gasteiger partial charge in [0.1, 0.15) is 6.04 Å². The van der Waals surface area contributed by atoms with Crippen LogP contribution in [0.1, 0.15) is 78.5 Å². The summed E-state index contributed by atoms with van der Waals surface area (Å²) in [6.45, 7) is 7.93. The maximum absolute atomic E-state index is 13.2. The van der Waals surface area contributed by atoms with Crippen LogP contribution < -0.4 is 15.5 Å².